The first-order chi connectivity index (χ1) is 14.3. The lowest BCUT2D eigenvalue weighted by Gasteiger charge is -2.25. The van der Waals surface area contributed by atoms with Gasteiger partial charge in [-0.15, -0.1) is 0 Å². The van der Waals surface area contributed by atoms with Gasteiger partial charge < -0.3 is 14.9 Å². The van der Waals surface area contributed by atoms with Crippen LogP contribution in [0.15, 0.2) is 66.7 Å². The van der Waals surface area contributed by atoms with Gasteiger partial charge in [0.25, 0.3) is 0 Å². The van der Waals surface area contributed by atoms with E-state index in [1.54, 1.807) is 30.3 Å². The van der Waals surface area contributed by atoms with Gasteiger partial charge in [-0.2, -0.15) is 13.2 Å². The summed E-state index contributed by atoms with van der Waals surface area (Å²) in [6, 6.07) is 16.7. The van der Waals surface area contributed by atoms with E-state index in [1.807, 2.05) is 6.07 Å². The molecular formula is C24H15F3O3. The first-order valence-electron chi connectivity index (χ1n) is 9.24. The Morgan fingerprint density at radius 1 is 0.800 bits per heavy atom. The lowest BCUT2D eigenvalue weighted by molar-refractivity contribution is -0.137. The monoisotopic (exact) mass is 408 g/mol. The molecule has 30 heavy (non-hydrogen) atoms. The molecule has 6 heteroatoms. The molecule has 0 bridgehead atoms. The molecule has 2 N–H and O–H groups in total. The van der Waals surface area contributed by atoms with Gasteiger partial charge in [0.2, 0.25) is 0 Å². The molecule has 0 spiro atoms. The van der Waals surface area contributed by atoms with Gasteiger partial charge in [0, 0.05) is 16.7 Å². The second-order valence-electron chi connectivity index (χ2n) is 7.24. The summed E-state index contributed by atoms with van der Waals surface area (Å²) in [4.78, 5) is 0. The molecule has 0 unspecified atom stereocenters. The van der Waals surface area contributed by atoms with Crippen LogP contribution in [-0.2, 0) is 12.8 Å². The van der Waals surface area contributed by atoms with Crippen LogP contribution in [0.4, 0.5) is 13.2 Å². The molecule has 1 aliphatic heterocycles. The molecule has 0 fully saturated rings. The number of phenols is 2. The van der Waals surface area contributed by atoms with Crippen LogP contribution in [0.3, 0.4) is 0 Å². The fourth-order valence-electron chi connectivity index (χ4n) is 3.96. The number of hydrogen-bond acceptors (Lipinski definition) is 3. The minimum Gasteiger partial charge on any atom is -0.508 e. The quantitative estimate of drug-likeness (QED) is 0.378. The third kappa shape index (κ3) is 2.92. The average molecular weight is 408 g/mol. The SMILES string of the molecule is Oc1ccc2c(c1)COc1c-2cc2ccc(O)cc2c1-c1cccc(C(F)(F)F)c1. The molecule has 0 atom stereocenters. The van der Waals surface area contributed by atoms with Gasteiger partial charge in [-0.05, 0) is 64.4 Å². The van der Waals surface area contributed by atoms with Gasteiger partial charge in [-0.3, -0.25) is 0 Å². The van der Waals surface area contributed by atoms with E-state index in [4.69, 9.17) is 4.74 Å². The number of rotatable bonds is 1. The highest BCUT2D eigenvalue weighted by Gasteiger charge is 2.31. The Morgan fingerprint density at radius 2 is 1.57 bits per heavy atom. The number of halogens is 3. The van der Waals surface area contributed by atoms with E-state index < -0.39 is 11.7 Å². The maximum absolute atomic E-state index is 13.3. The molecule has 4 aromatic rings. The van der Waals surface area contributed by atoms with Crippen molar-refractivity contribution in [2.24, 2.45) is 0 Å². The normalized spacial score (nSPS) is 12.9. The lowest BCUT2D eigenvalue weighted by atomic mass is 9.88. The molecule has 1 heterocycles. The molecule has 1 aliphatic rings. The van der Waals surface area contributed by atoms with E-state index in [9.17, 15) is 23.4 Å². The van der Waals surface area contributed by atoms with Crippen molar-refractivity contribution >= 4 is 10.8 Å². The van der Waals surface area contributed by atoms with Crippen LogP contribution in [0, 0.1) is 0 Å². The van der Waals surface area contributed by atoms with E-state index in [0.29, 0.717) is 22.3 Å². The van der Waals surface area contributed by atoms with Crippen molar-refractivity contribution in [3.8, 4) is 39.5 Å². The van der Waals surface area contributed by atoms with Crippen molar-refractivity contribution < 1.29 is 28.1 Å². The molecule has 150 valence electrons. The van der Waals surface area contributed by atoms with Gasteiger partial charge in [-0.1, -0.05) is 24.3 Å². The molecule has 0 radical (unpaired) electrons. The highest BCUT2D eigenvalue weighted by Crippen LogP contribution is 2.49. The van der Waals surface area contributed by atoms with Crippen LogP contribution in [0.25, 0.3) is 33.0 Å². The Balaban J connectivity index is 1.86. The van der Waals surface area contributed by atoms with Gasteiger partial charge in [0.05, 0.1) is 5.56 Å². The molecule has 0 aromatic heterocycles. The maximum atomic E-state index is 13.3. The van der Waals surface area contributed by atoms with Crippen molar-refractivity contribution in [1.29, 1.82) is 0 Å². The standard InChI is InChI=1S/C24H15F3O3/c25-24(26,27)16-3-1-2-14(8-16)22-20-11-18(29)5-4-13(20)10-21-19-7-6-17(28)9-15(19)12-30-23(21)22/h1-11,28-29H,12H2. The molecule has 0 saturated carbocycles. The van der Waals surface area contributed by atoms with Crippen LogP contribution in [0.2, 0.25) is 0 Å². The van der Waals surface area contributed by atoms with Crippen LogP contribution < -0.4 is 4.74 Å². The van der Waals surface area contributed by atoms with Crippen LogP contribution >= 0.6 is 0 Å². The van der Waals surface area contributed by atoms with E-state index >= 15 is 0 Å². The molecule has 3 nitrogen and oxygen atoms in total. The number of aromatic hydroxyl groups is 2. The van der Waals surface area contributed by atoms with Crippen LogP contribution in [0.5, 0.6) is 17.2 Å². The zero-order valence-electron chi connectivity index (χ0n) is 15.5. The molecule has 5 rings (SSSR count). The third-order valence-corrected chi connectivity index (χ3v) is 5.31. The summed E-state index contributed by atoms with van der Waals surface area (Å²) in [6.07, 6.45) is -4.48. The highest BCUT2D eigenvalue weighted by atomic mass is 19.4. The van der Waals surface area contributed by atoms with E-state index in [2.05, 4.69) is 0 Å². The average Bonchev–Trinajstić information content (AvgIpc) is 2.71. The molecule has 0 amide bonds. The summed E-state index contributed by atoms with van der Waals surface area (Å²) in [5.74, 6) is 0.576. The Hall–Kier alpha value is -3.67. The second-order valence-corrected chi connectivity index (χ2v) is 7.24. The second kappa shape index (κ2) is 6.42. The molecule has 0 aliphatic carbocycles. The zero-order chi connectivity index (χ0) is 21.0. The van der Waals surface area contributed by atoms with E-state index in [-0.39, 0.29) is 18.1 Å². The molecular weight excluding hydrogens is 393 g/mol. The number of hydrogen-bond donors (Lipinski definition) is 2. The van der Waals surface area contributed by atoms with Gasteiger partial charge in [-0.25, -0.2) is 0 Å². The largest absolute Gasteiger partial charge is 0.508 e. The number of ether oxygens (including phenoxy) is 1. The lowest BCUT2D eigenvalue weighted by Crippen LogP contribution is -2.08. The van der Waals surface area contributed by atoms with Gasteiger partial charge in [0.15, 0.2) is 0 Å². The summed E-state index contributed by atoms with van der Waals surface area (Å²) < 4.78 is 46.0. The molecule has 4 aromatic carbocycles. The summed E-state index contributed by atoms with van der Waals surface area (Å²) in [6.45, 7) is 0.174. The van der Waals surface area contributed by atoms with Crippen molar-refractivity contribution in [2.75, 3.05) is 0 Å². The minimum absolute atomic E-state index is 0.0109. The number of benzene rings is 4. The minimum atomic E-state index is -4.48. The first-order valence-corrected chi connectivity index (χ1v) is 9.24. The number of alkyl halides is 3. The van der Waals surface area contributed by atoms with Crippen LogP contribution in [0.1, 0.15) is 11.1 Å². The smallest absolute Gasteiger partial charge is 0.416 e. The summed E-state index contributed by atoms with van der Waals surface area (Å²) >= 11 is 0. The fraction of sp³-hybridized carbons (Fsp3) is 0.0833. The van der Waals surface area contributed by atoms with Gasteiger partial charge >= 0.3 is 6.18 Å². The number of phenolic OH excluding ortho intramolecular Hbond substituents is 2. The summed E-state index contributed by atoms with van der Waals surface area (Å²) in [7, 11) is 0. The fourth-order valence-corrected chi connectivity index (χ4v) is 3.96. The van der Waals surface area contributed by atoms with Crippen molar-refractivity contribution in [1.82, 2.24) is 0 Å². The van der Waals surface area contributed by atoms with Crippen molar-refractivity contribution in [3.05, 3.63) is 77.9 Å². The highest BCUT2D eigenvalue weighted by molar-refractivity contribution is 6.05. The van der Waals surface area contributed by atoms with Gasteiger partial charge in [0.1, 0.15) is 23.9 Å². The Labute approximate surface area is 169 Å². The topological polar surface area (TPSA) is 49.7 Å². The molecule has 0 saturated heterocycles. The van der Waals surface area contributed by atoms with Crippen LogP contribution in [-0.4, -0.2) is 10.2 Å². The maximum Gasteiger partial charge on any atom is 0.416 e. The predicted octanol–water partition coefficient (Wildman–Crippen LogP) is 6.50. The van der Waals surface area contributed by atoms with E-state index in [0.717, 1.165) is 34.2 Å². The summed E-state index contributed by atoms with van der Waals surface area (Å²) in [5, 5.41) is 21.2. The van der Waals surface area contributed by atoms with E-state index in [1.165, 1.54) is 18.2 Å². The van der Waals surface area contributed by atoms with Crippen molar-refractivity contribution in [2.45, 2.75) is 12.8 Å². The van der Waals surface area contributed by atoms with Crippen molar-refractivity contribution in [3.63, 3.8) is 0 Å². The Morgan fingerprint density at radius 3 is 2.37 bits per heavy atom. The Kier molecular flexibility index (Phi) is 3.93. The third-order valence-electron chi connectivity index (χ3n) is 5.31. The summed E-state index contributed by atoms with van der Waals surface area (Å²) in [5.41, 5.74) is 2.43. The predicted molar refractivity (Wildman–Crippen MR) is 107 cm³/mol. The first kappa shape index (κ1) is 18.4. The Bertz CT molecular complexity index is 1310. The zero-order valence-corrected chi connectivity index (χ0v) is 15.5. The number of fused-ring (bicyclic) bond motifs is 4.